The number of rotatable bonds is 3. The van der Waals surface area contributed by atoms with Gasteiger partial charge in [0.25, 0.3) is 0 Å². The monoisotopic (exact) mass is 345 g/mol. The molecule has 0 aliphatic heterocycles. The molecule has 0 N–H and O–H groups in total. The quantitative estimate of drug-likeness (QED) is 0.574. The van der Waals surface area contributed by atoms with Crippen molar-refractivity contribution in [3.8, 4) is 17.9 Å². The van der Waals surface area contributed by atoms with Gasteiger partial charge in [-0.05, 0) is 92.5 Å². The van der Waals surface area contributed by atoms with Crippen molar-refractivity contribution in [2.45, 2.75) is 64.7 Å². The predicted octanol–water partition coefficient (Wildman–Crippen LogP) is 6.49. The zero-order chi connectivity index (χ0) is 18.2. The second kappa shape index (κ2) is 9.64. The standard InChI is InChI=1S/C25H31N/c1-2-20-11-15-24(16-12-20)25-17-13-22(14-18-25)6-4-3-5-21-7-9-23(19-26)10-8-21/h4,6-10,20,22,24-25H,2,11-18H2,1H3/t20-,22?,24-,25?. The lowest BCUT2D eigenvalue weighted by molar-refractivity contribution is 0.154. The second-order valence-corrected chi connectivity index (χ2v) is 8.18. The van der Waals surface area contributed by atoms with Gasteiger partial charge in [0.15, 0.2) is 0 Å². The molecule has 0 radical (unpaired) electrons. The molecule has 0 spiro atoms. The van der Waals surface area contributed by atoms with Crippen LogP contribution in [-0.4, -0.2) is 0 Å². The molecule has 2 aliphatic rings. The molecular formula is C25H31N. The molecule has 1 heteroatoms. The topological polar surface area (TPSA) is 23.8 Å². The van der Waals surface area contributed by atoms with Crippen LogP contribution in [0.4, 0.5) is 0 Å². The molecule has 1 aromatic carbocycles. The van der Waals surface area contributed by atoms with Gasteiger partial charge in [-0.25, -0.2) is 0 Å². The lowest BCUT2D eigenvalue weighted by atomic mass is 9.69. The van der Waals surface area contributed by atoms with Crippen molar-refractivity contribution in [1.29, 1.82) is 5.26 Å². The third-order valence-corrected chi connectivity index (χ3v) is 6.63. The Morgan fingerprint density at radius 3 is 2.04 bits per heavy atom. The molecule has 0 aromatic heterocycles. The maximum absolute atomic E-state index is 8.81. The number of hydrogen-bond acceptors (Lipinski definition) is 1. The highest BCUT2D eigenvalue weighted by Gasteiger charge is 2.29. The molecule has 2 saturated carbocycles. The van der Waals surface area contributed by atoms with Gasteiger partial charge in [0, 0.05) is 5.56 Å². The summed E-state index contributed by atoms with van der Waals surface area (Å²) in [4.78, 5) is 0. The lowest BCUT2D eigenvalue weighted by Gasteiger charge is -2.37. The van der Waals surface area contributed by atoms with Crippen LogP contribution in [0.3, 0.4) is 0 Å². The number of nitriles is 1. The fourth-order valence-corrected chi connectivity index (χ4v) is 4.81. The summed E-state index contributed by atoms with van der Waals surface area (Å²) in [6, 6.07) is 9.61. The Bertz CT molecular complexity index is 678. The Morgan fingerprint density at radius 1 is 0.885 bits per heavy atom. The van der Waals surface area contributed by atoms with Crippen LogP contribution in [0, 0.1) is 46.8 Å². The Hall–Kier alpha value is -1.99. The van der Waals surface area contributed by atoms with Crippen molar-refractivity contribution in [2.75, 3.05) is 0 Å². The van der Waals surface area contributed by atoms with Gasteiger partial charge < -0.3 is 0 Å². The summed E-state index contributed by atoms with van der Waals surface area (Å²) in [6.45, 7) is 2.35. The Morgan fingerprint density at radius 2 is 1.46 bits per heavy atom. The van der Waals surface area contributed by atoms with E-state index >= 15 is 0 Å². The highest BCUT2D eigenvalue weighted by molar-refractivity contribution is 5.41. The van der Waals surface area contributed by atoms with E-state index in [1.54, 1.807) is 0 Å². The molecule has 3 rings (SSSR count). The van der Waals surface area contributed by atoms with Crippen molar-refractivity contribution in [3.05, 3.63) is 47.5 Å². The van der Waals surface area contributed by atoms with Crippen LogP contribution >= 0.6 is 0 Å². The number of hydrogen-bond donors (Lipinski definition) is 0. The van der Waals surface area contributed by atoms with Gasteiger partial charge in [-0.15, -0.1) is 0 Å². The Labute approximate surface area is 159 Å². The maximum atomic E-state index is 8.81. The smallest absolute Gasteiger partial charge is 0.0991 e. The van der Waals surface area contributed by atoms with E-state index in [1.165, 1.54) is 57.8 Å². The third-order valence-electron chi connectivity index (χ3n) is 6.63. The van der Waals surface area contributed by atoms with E-state index in [0.717, 1.165) is 23.3 Å². The van der Waals surface area contributed by atoms with E-state index in [1.807, 2.05) is 30.3 Å². The lowest BCUT2D eigenvalue weighted by Crippen LogP contribution is -2.25. The van der Waals surface area contributed by atoms with Crippen molar-refractivity contribution >= 4 is 0 Å². The molecule has 0 bridgehead atoms. The molecule has 2 fully saturated rings. The van der Waals surface area contributed by atoms with Crippen molar-refractivity contribution < 1.29 is 0 Å². The molecule has 0 saturated heterocycles. The third kappa shape index (κ3) is 5.25. The van der Waals surface area contributed by atoms with Gasteiger partial charge in [0.1, 0.15) is 0 Å². The molecule has 0 heterocycles. The second-order valence-electron chi connectivity index (χ2n) is 8.18. The van der Waals surface area contributed by atoms with Crippen molar-refractivity contribution in [2.24, 2.45) is 23.7 Å². The van der Waals surface area contributed by atoms with E-state index in [2.05, 4.69) is 30.9 Å². The van der Waals surface area contributed by atoms with E-state index in [4.69, 9.17) is 5.26 Å². The molecule has 1 nitrogen and oxygen atoms in total. The average molecular weight is 346 g/mol. The summed E-state index contributed by atoms with van der Waals surface area (Å²) in [7, 11) is 0. The Kier molecular flexibility index (Phi) is 6.96. The SMILES string of the molecule is CC[C@H]1CC[C@H](C2CCC(C=CC#Cc3ccc(C#N)cc3)CC2)CC1. The first-order chi connectivity index (χ1) is 12.8. The highest BCUT2D eigenvalue weighted by Crippen LogP contribution is 2.42. The predicted molar refractivity (Wildman–Crippen MR) is 108 cm³/mol. The van der Waals surface area contributed by atoms with Crippen LogP contribution in [-0.2, 0) is 0 Å². The summed E-state index contributed by atoms with van der Waals surface area (Å²) in [5.74, 6) is 10.0. The first-order valence-electron chi connectivity index (χ1n) is 10.5. The normalized spacial score (nSPS) is 28.9. The van der Waals surface area contributed by atoms with Gasteiger partial charge in [-0.2, -0.15) is 5.26 Å². The van der Waals surface area contributed by atoms with E-state index in [0.29, 0.717) is 11.5 Å². The van der Waals surface area contributed by atoms with Crippen LogP contribution in [0.2, 0.25) is 0 Å². The molecule has 136 valence electrons. The van der Waals surface area contributed by atoms with Gasteiger partial charge in [0.05, 0.1) is 11.6 Å². The summed E-state index contributed by atoms with van der Waals surface area (Å²) < 4.78 is 0. The van der Waals surface area contributed by atoms with E-state index < -0.39 is 0 Å². The molecule has 0 atom stereocenters. The van der Waals surface area contributed by atoms with Gasteiger partial charge in [-0.1, -0.05) is 44.1 Å². The van der Waals surface area contributed by atoms with Gasteiger partial charge in [-0.3, -0.25) is 0 Å². The van der Waals surface area contributed by atoms with Crippen molar-refractivity contribution in [1.82, 2.24) is 0 Å². The first kappa shape index (κ1) is 18.8. The fourth-order valence-electron chi connectivity index (χ4n) is 4.81. The molecule has 26 heavy (non-hydrogen) atoms. The summed E-state index contributed by atoms with van der Waals surface area (Å²) in [6.07, 6.45) is 17.2. The minimum atomic E-state index is 0.686. The number of benzene rings is 1. The van der Waals surface area contributed by atoms with E-state index in [-0.39, 0.29) is 0 Å². The van der Waals surface area contributed by atoms with Crippen molar-refractivity contribution in [3.63, 3.8) is 0 Å². The maximum Gasteiger partial charge on any atom is 0.0991 e. The summed E-state index contributed by atoms with van der Waals surface area (Å²) >= 11 is 0. The first-order valence-corrected chi connectivity index (χ1v) is 10.5. The molecule has 2 aliphatic carbocycles. The van der Waals surface area contributed by atoms with E-state index in [9.17, 15) is 0 Å². The summed E-state index contributed by atoms with van der Waals surface area (Å²) in [5.41, 5.74) is 1.66. The van der Waals surface area contributed by atoms with Crippen LogP contribution in [0.25, 0.3) is 0 Å². The largest absolute Gasteiger partial charge is 0.192 e. The van der Waals surface area contributed by atoms with Crippen LogP contribution in [0.15, 0.2) is 36.4 Å². The molecular weight excluding hydrogens is 314 g/mol. The fraction of sp³-hybridized carbons (Fsp3) is 0.560. The average Bonchev–Trinajstić information content (AvgIpc) is 2.72. The highest BCUT2D eigenvalue weighted by atomic mass is 14.3. The van der Waals surface area contributed by atoms with Crippen LogP contribution in [0.5, 0.6) is 0 Å². The minimum Gasteiger partial charge on any atom is -0.192 e. The molecule has 0 unspecified atom stereocenters. The minimum absolute atomic E-state index is 0.686. The summed E-state index contributed by atoms with van der Waals surface area (Å²) in [5, 5.41) is 8.81. The van der Waals surface area contributed by atoms with Crippen LogP contribution in [0.1, 0.15) is 75.8 Å². The van der Waals surface area contributed by atoms with Gasteiger partial charge in [0.2, 0.25) is 0 Å². The number of allylic oxidation sites excluding steroid dienone is 2. The zero-order valence-electron chi connectivity index (χ0n) is 16.1. The number of nitrogens with zero attached hydrogens (tertiary/aromatic N) is 1. The van der Waals surface area contributed by atoms with Gasteiger partial charge >= 0.3 is 0 Å². The van der Waals surface area contributed by atoms with Crippen LogP contribution < -0.4 is 0 Å². The molecule has 1 aromatic rings. The zero-order valence-corrected chi connectivity index (χ0v) is 16.1. The molecule has 0 amide bonds. The Balaban J connectivity index is 1.42.